The fourth-order valence-corrected chi connectivity index (χ4v) is 6.22. The highest BCUT2D eigenvalue weighted by Gasteiger charge is 2.30. The number of allylic oxidation sites excluding steroid dienone is 1. The van der Waals surface area contributed by atoms with E-state index >= 15 is 0 Å². The fourth-order valence-electron chi connectivity index (χ4n) is 5.31. The van der Waals surface area contributed by atoms with Crippen LogP contribution in [0.1, 0.15) is 49.0 Å². The van der Waals surface area contributed by atoms with E-state index in [1.54, 1.807) is 30.0 Å². The number of anilines is 1. The average molecular weight is 574 g/mol. The number of nitrogen functional groups attached to an aromatic ring is 1. The van der Waals surface area contributed by atoms with Gasteiger partial charge in [-0.1, -0.05) is 36.9 Å². The van der Waals surface area contributed by atoms with E-state index in [4.69, 9.17) is 10.8 Å². The van der Waals surface area contributed by atoms with Gasteiger partial charge in [-0.15, -0.1) is 0 Å². The quantitative estimate of drug-likeness (QED) is 0.330. The number of thioether (sulfide) groups is 1. The predicted molar refractivity (Wildman–Crippen MR) is 161 cm³/mol. The fraction of sp³-hybridized carbons (Fsp3) is 0.414. The summed E-state index contributed by atoms with van der Waals surface area (Å²) in [7, 11) is 2.10. The molecule has 1 saturated heterocycles. The molecular weight excluding hydrogens is 538 g/mol. The van der Waals surface area contributed by atoms with E-state index in [9.17, 15) is 9.59 Å². The van der Waals surface area contributed by atoms with Crippen molar-refractivity contribution < 1.29 is 9.59 Å². The van der Waals surface area contributed by atoms with Gasteiger partial charge in [-0.05, 0) is 44.9 Å². The molecule has 1 aromatic carbocycles. The lowest BCUT2D eigenvalue weighted by Gasteiger charge is -2.16. The van der Waals surface area contributed by atoms with Crippen LogP contribution in [0.2, 0.25) is 0 Å². The summed E-state index contributed by atoms with van der Waals surface area (Å²) in [6.07, 6.45) is 11.2. The van der Waals surface area contributed by atoms with Crippen molar-refractivity contribution in [1.29, 1.82) is 0 Å². The molecule has 1 unspecified atom stereocenters. The Bertz CT molecular complexity index is 1510. The maximum Gasteiger partial charge on any atom is 0.253 e. The van der Waals surface area contributed by atoms with Crippen molar-refractivity contribution in [3.63, 3.8) is 0 Å². The Hall–Kier alpha value is -3.90. The van der Waals surface area contributed by atoms with Crippen molar-refractivity contribution in [1.82, 2.24) is 40.2 Å². The first kappa shape index (κ1) is 27.3. The average Bonchev–Trinajstić information content (AvgIpc) is 3.36. The van der Waals surface area contributed by atoms with Gasteiger partial charge in [0.25, 0.3) is 5.91 Å². The molecule has 2 aromatic heterocycles. The van der Waals surface area contributed by atoms with Crippen molar-refractivity contribution in [3.8, 4) is 11.3 Å². The molecule has 12 heteroatoms. The number of nitrogens with two attached hydrogens (primary N) is 1. The van der Waals surface area contributed by atoms with Crippen LogP contribution in [0.5, 0.6) is 0 Å². The van der Waals surface area contributed by atoms with E-state index in [-0.39, 0.29) is 23.4 Å². The summed E-state index contributed by atoms with van der Waals surface area (Å²) in [4.78, 5) is 39.8. The molecule has 3 aliphatic rings. The molecule has 11 nitrogen and oxygen atoms in total. The number of nitrogens with zero attached hydrogens (tertiary/aromatic N) is 6. The van der Waals surface area contributed by atoms with E-state index in [1.165, 1.54) is 24.1 Å². The van der Waals surface area contributed by atoms with Crippen molar-refractivity contribution >= 4 is 40.4 Å². The second kappa shape index (κ2) is 11.5. The Balaban J connectivity index is 1.17. The van der Waals surface area contributed by atoms with Crippen LogP contribution in [0, 0.1) is 0 Å². The van der Waals surface area contributed by atoms with Crippen LogP contribution in [0.4, 0.5) is 5.82 Å². The summed E-state index contributed by atoms with van der Waals surface area (Å²) in [5, 5.41) is 11.8. The number of hydrogen-bond acceptors (Lipinski definition) is 9. The van der Waals surface area contributed by atoms with Crippen LogP contribution in [0.15, 0.2) is 53.8 Å². The number of hydrogen-bond donors (Lipinski definition) is 3. The van der Waals surface area contributed by atoms with Gasteiger partial charge in [0.1, 0.15) is 17.8 Å². The number of carbonyl (C=O) groups excluding carboxylic acids is 2. The van der Waals surface area contributed by atoms with Gasteiger partial charge in [-0.25, -0.2) is 14.6 Å². The van der Waals surface area contributed by atoms with Gasteiger partial charge in [-0.2, -0.15) is 5.10 Å². The molecule has 6 rings (SSSR count). The standard InChI is InChI=1S/C29H35N9O2S/c1-3-22-15-31-29(41-22)34-28(40)19-8-6-18(7-9-19)25-24-26(30)32-17-33-27(24)38(35-25)21-12-14-37(16-21)23(39)5-4-13-36(2)20-10-11-20/h4-9,15,17,20-21,29,31H,3,10-14,16H2,1-2H3,(H,34,40)(H2,30,32,33)/b5-4+/t21-,29?/m1/s1. The molecule has 2 amide bonds. The van der Waals surface area contributed by atoms with Gasteiger partial charge in [0.2, 0.25) is 5.91 Å². The van der Waals surface area contributed by atoms with Gasteiger partial charge in [-0.3, -0.25) is 14.5 Å². The molecule has 41 heavy (non-hydrogen) atoms. The summed E-state index contributed by atoms with van der Waals surface area (Å²) < 4.78 is 1.88. The molecule has 4 heterocycles. The topological polar surface area (TPSA) is 134 Å². The third-order valence-electron chi connectivity index (χ3n) is 7.86. The summed E-state index contributed by atoms with van der Waals surface area (Å²) in [5.74, 6) is 0.203. The Morgan fingerprint density at radius 1 is 1.22 bits per heavy atom. The number of amides is 2. The summed E-state index contributed by atoms with van der Waals surface area (Å²) >= 11 is 1.61. The molecule has 1 aliphatic carbocycles. The van der Waals surface area contributed by atoms with Crippen molar-refractivity contribution in [2.75, 3.05) is 32.4 Å². The third kappa shape index (κ3) is 5.80. The van der Waals surface area contributed by atoms with E-state index in [0.717, 1.165) is 24.9 Å². The predicted octanol–water partition coefficient (Wildman–Crippen LogP) is 3.10. The maximum absolute atomic E-state index is 12.9. The van der Waals surface area contributed by atoms with Crippen LogP contribution < -0.4 is 16.4 Å². The smallest absolute Gasteiger partial charge is 0.253 e. The van der Waals surface area contributed by atoms with Crippen LogP contribution in [-0.4, -0.2) is 79.6 Å². The Morgan fingerprint density at radius 2 is 2.02 bits per heavy atom. The molecule has 2 aliphatic heterocycles. The Morgan fingerprint density at radius 3 is 2.76 bits per heavy atom. The largest absolute Gasteiger partial charge is 0.383 e. The van der Waals surface area contributed by atoms with Crippen molar-refractivity contribution in [2.45, 2.75) is 50.2 Å². The summed E-state index contributed by atoms with van der Waals surface area (Å²) in [5.41, 5.74) is 8.80. The van der Waals surface area contributed by atoms with Crippen molar-refractivity contribution in [3.05, 3.63) is 59.4 Å². The highest BCUT2D eigenvalue weighted by atomic mass is 32.2. The van der Waals surface area contributed by atoms with E-state index in [1.807, 2.05) is 34.0 Å². The zero-order chi connectivity index (χ0) is 28.5. The third-order valence-corrected chi connectivity index (χ3v) is 9.06. The van der Waals surface area contributed by atoms with Gasteiger partial charge >= 0.3 is 0 Å². The normalized spacial score (nSPS) is 20.7. The van der Waals surface area contributed by atoms with Gasteiger partial charge in [0, 0.05) is 54.0 Å². The summed E-state index contributed by atoms with van der Waals surface area (Å²) in [6.45, 7) is 4.06. The minimum absolute atomic E-state index is 0.0179. The number of nitrogens with one attached hydrogen (secondary N) is 2. The second-order valence-corrected chi connectivity index (χ2v) is 12.0. The van der Waals surface area contributed by atoms with Gasteiger partial charge < -0.3 is 21.3 Å². The molecule has 0 spiro atoms. The van der Waals surface area contributed by atoms with Gasteiger partial charge in [0.05, 0.1) is 11.4 Å². The van der Waals surface area contributed by atoms with E-state index in [0.29, 0.717) is 47.2 Å². The lowest BCUT2D eigenvalue weighted by atomic mass is 10.1. The number of aromatic nitrogens is 4. The Labute approximate surface area is 243 Å². The minimum Gasteiger partial charge on any atom is -0.383 e. The number of carbonyl (C=O) groups is 2. The zero-order valence-corrected chi connectivity index (χ0v) is 24.1. The molecule has 0 bridgehead atoms. The number of likely N-dealkylation sites (tertiary alicyclic amines) is 1. The molecule has 0 radical (unpaired) electrons. The molecule has 4 N–H and O–H groups in total. The minimum atomic E-state index is -0.175. The maximum atomic E-state index is 12.9. The number of benzene rings is 1. The molecule has 3 aromatic rings. The van der Waals surface area contributed by atoms with Crippen LogP contribution in [0.25, 0.3) is 22.3 Å². The monoisotopic (exact) mass is 573 g/mol. The van der Waals surface area contributed by atoms with Crippen LogP contribution in [0.3, 0.4) is 0 Å². The van der Waals surface area contributed by atoms with E-state index < -0.39 is 0 Å². The number of rotatable bonds is 9. The highest BCUT2D eigenvalue weighted by Crippen LogP contribution is 2.34. The molecule has 2 fully saturated rings. The molecule has 1 saturated carbocycles. The number of likely N-dealkylation sites (N-methyl/N-ethyl adjacent to an activating group) is 1. The summed E-state index contributed by atoms with van der Waals surface area (Å²) in [6, 6.07) is 7.93. The second-order valence-electron chi connectivity index (χ2n) is 10.7. The van der Waals surface area contributed by atoms with Crippen molar-refractivity contribution in [2.24, 2.45) is 0 Å². The molecular formula is C29H35N9O2S. The lowest BCUT2D eigenvalue weighted by molar-refractivity contribution is -0.125. The van der Waals surface area contributed by atoms with E-state index in [2.05, 4.69) is 39.5 Å². The Kier molecular flexibility index (Phi) is 7.67. The molecule has 214 valence electrons. The first-order chi connectivity index (χ1) is 19.9. The number of fused-ring (bicyclic) bond motifs is 1. The SMILES string of the molecule is CCC1=CNC(NC(=O)c2ccc(-c3nn([C@@H]4CCN(C(=O)/C=C/CN(C)C5CC5)C4)c4ncnc(N)c34)cc2)S1. The first-order valence-electron chi connectivity index (χ1n) is 14.1. The van der Waals surface area contributed by atoms with Crippen LogP contribution >= 0.6 is 11.8 Å². The zero-order valence-electron chi connectivity index (χ0n) is 23.3. The van der Waals surface area contributed by atoms with Gasteiger partial charge in [0.15, 0.2) is 11.1 Å². The highest BCUT2D eigenvalue weighted by molar-refractivity contribution is 8.03. The lowest BCUT2D eigenvalue weighted by Crippen LogP contribution is -2.38. The van der Waals surface area contributed by atoms with Crippen LogP contribution in [-0.2, 0) is 4.79 Å². The first-order valence-corrected chi connectivity index (χ1v) is 15.0. The molecule has 2 atom stereocenters.